The Hall–Kier alpha value is -1.39. The molecule has 0 unspecified atom stereocenters. The summed E-state index contributed by atoms with van der Waals surface area (Å²) >= 11 is 0. The van der Waals surface area contributed by atoms with E-state index in [9.17, 15) is 14.4 Å². The lowest BCUT2D eigenvalue weighted by atomic mass is 10.2. The smallest absolute Gasteiger partial charge is 0.318 e. The molecular weight excluding hydrogens is 172 g/mol. The Morgan fingerprint density at radius 2 is 1.85 bits per heavy atom. The molecule has 1 fully saturated rings. The van der Waals surface area contributed by atoms with Crippen LogP contribution in [0.25, 0.3) is 0 Å². The molecule has 1 saturated heterocycles. The molecule has 0 aromatic carbocycles. The Labute approximate surface area is 76.3 Å². The standard InChI is InChI=1S/C8H12N2O3/c1-6(2)10-4-3-9(5-11)7(12)8(10)13/h5-6H,3-4H2,1-2H3. The summed E-state index contributed by atoms with van der Waals surface area (Å²) < 4.78 is 0. The van der Waals surface area contributed by atoms with Gasteiger partial charge in [-0.05, 0) is 13.8 Å². The predicted octanol–water partition coefficient (Wildman–Crippen LogP) is -0.778. The molecule has 1 rings (SSSR count). The van der Waals surface area contributed by atoms with Crippen LogP contribution in [0.3, 0.4) is 0 Å². The van der Waals surface area contributed by atoms with Crippen molar-refractivity contribution in [1.82, 2.24) is 9.80 Å². The van der Waals surface area contributed by atoms with Crippen molar-refractivity contribution >= 4 is 18.2 Å². The maximum absolute atomic E-state index is 11.3. The zero-order valence-electron chi connectivity index (χ0n) is 7.69. The summed E-state index contributed by atoms with van der Waals surface area (Å²) in [5, 5.41) is 0. The molecule has 0 N–H and O–H groups in total. The summed E-state index contributed by atoms with van der Waals surface area (Å²) in [6.45, 7) is 4.40. The van der Waals surface area contributed by atoms with Crippen molar-refractivity contribution in [1.29, 1.82) is 0 Å². The summed E-state index contributed by atoms with van der Waals surface area (Å²) in [5.41, 5.74) is 0. The van der Waals surface area contributed by atoms with Gasteiger partial charge in [-0.15, -0.1) is 0 Å². The first-order chi connectivity index (χ1) is 6.07. The topological polar surface area (TPSA) is 57.7 Å². The van der Waals surface area contributed by atoms with Crippen molar-refractivity contribution in [3.05, 3.63) is 0 Å². The van der Waals surface area contributed by atoms with E-state index in [0.717, 1.165) is 4.90 Å². The highest BCUT2D eigenvalue weighted by Crippen LogP contribution is 2.06. The number of carbonyl (C=O) groups excluding carboxylic acids is 3. The molecule has 1 aliphatic rings. The Balaban J connectivity index is 2.76. The molecule has 13 heavy (non-hydrogen) atoms. The van der Waals surface area contributed by atoms with E-state index in [1.165, 1.54) is 4.90 Å². The molecule has 0 saturated carbocycles. The van der Waals surface area contributed by atoms with Crippen LogP contribution in [-0.2, 0) is 14.4 Å². The molecule has 0 spiro atoms. The molecule has 0 bridgehead atoms. The molecule has 1 heterocycles. The van der Waals surface area contributed by atoms with Gasteiger partial charge < -0.3 is 4.90 Å². The van der Waals surface area contributed by atoms with Crippen LogP contribution in [0.2, 0.25) is 0 Å². The molecule has 0 aromatic heterocycles. The van der Waals surface area contributed by atoms with E-state index in [1.807, 2.05) is 13.8 Å². The summed E-state index contributed by atoms with van der Waals surface area (Å²) in [6.07, 6.45) is 0.401. The van der Waals surface area contributed by atoms with Crippen LogP contribution in [0.5, 0.6) is 0 Å². The van der Waals surface area contributed by atoms with Crippen molar-refractivity contribution < 1.29 is 14.4 Å². The van der Waals surface area contributed by atoms with Gasteiger partial charge in [0, 0.05) is 19.1 Å². The molecule has 3 amide bonds. The van der Waals surface area contributed by atoms with Crippen molar-refractivity contribution in [3.8, 4) is 0 Å². The molecule has 5 nitrogen and oxygen atoms in total. The third kappa shape index (κ3) is 1.68. The summed E-state index contributed by atoms with van der Waals surface area (Å²) in [4.78, 5) is 35.2. The van der Waals surface area contributed by atoms with Crippen molar-refractivity contribution in [2.24, 2.45) is 0 Å². The lowest BCUT2D eigenvalue weighted by Gasteiger charge is -2.33. The number of imide groups is 1. The largest absolute Gasteiger partial charge is 0.330 e. The van der Waals surface area contributed by atoms with Gasteiger partial charge in [0.15, 0.2) is 0 Å². The maximum atomic E-state index is 11.3. The minimum absolute atomic E-state index is 0.00486. The molecule has 5 heteroatoms. The average Bonchev–Trinajstić information content (AvgIpc) is 2.09. The predicted molar refractivity (Wildman–Crippen MR) is 44.6 cm³/mol. The average molecular weight is 184 g/mol. The van der Waals surface area contributed by atoms with Crippen LogP contribution < -0.4 is 0 Å². The monoisotopic (exact) mass is 184 g/mol. The summed E-state index contributed by atoms with van der Waals surface area (Å²) in [7, 11) is 0. The van der Waals surface area contributed by atoms with E-state index in [1.54, 1.807) is 0 Å². The number of rotatable bonds is 2. The molecule has 1 aliphatic heterocycles. The van der Waals surface area contributed by atoms with E-state index >= 15 is 0 Å². The third-order valence-corrected chi connectivity index (χ3v) is 2.04. The number of nitrogens with zero attached hydrogens (tertiary/aromatic N) is 2. The minimum Gasteiger partial charge on any atom is -0.330 e. The van der Waals surface area contributed by atoms with Crippen LogP contribution in [0.1, 0.15) is 13.8 Å². The van der Waals surface area contributed by atoms with Crippen LogP contribution in [0.4, 0.5) is 0 Å². The number of carbonyl (C=O) groups is 3. The second-order valence-electron chi connectivity index (χ2n) is 3.20. The second kappa shape index (κ2) is 3.55. The normalized spacial score (nSPS) is 18.4. The van der Waals surface area contributed by atoms with Gasteiger partial charge in [-0.3, -0.25) is 19.3 Å². The fourth-order valence-electron chi connectivity index (χ4n) is 1.26. The highest BCUT2D eigenvalue weighted by atomic mass is 16.2. The maximum Gasteiger partial charge on any atom is 0.318 e. The first-order valence-electron chi connectivity index (χ1n) is 4.14. The van der Waals surface area contributed by atoms with Crippen molar-refractivity contribution in [2.75, 3.05) is 13.1 Å². The first kappa shape index (κ1) is 9.70. The second-order valence-corrected chi connectivity index (χ2v) is 3.20. The van der Waals surface area contributed by atoms with Gasteiger partial charge in [0.1, 0.15) is 0 Å². The highest BCUT2D eigenvalue weighted by molar-refractivity contribution is 6.37. The quantitative estimate of drug-likeness (QED) is 0.418. The number of amides is 3. The Morgan fingerprint density at radius 3 is 2.31 bits per heavy atom. The van der Waals surface area contributed by atoms with Gasteiger partial charge in [-0.1, -0.05) is 0 Å². The van der Waals surface area contributed by atoms with E-state index in [2.05, 4.69) is 0 Å². The molecule has 0 atom stereocenters. The van der Waals surface area contributed by atoms with Gasteiger partial charge in [0.2, 0.25) is 6.41 Å². The minimum atomic E-state index is -0.727. The van der Waals surface area contributed by atoms with E-state index in [-0.39, 0.29) is 6.04 Å². The molecule has 0 aromatic rings. The zero-order valence-corrected chi connectivity index (χ0v) is 7.69. The first-order valence-corrected chi connectivity index (χ1v) is 4.14. The fraction of sp³-hybridized carbons (Fsp3) is 0.625. The molecule has 0 aliphatic carbocycles. The van der Waals surface area contributed by atoms with Gasteiger partial charge in [0.25, 0.3) is 0 Å². The van der Waals surface area contributed by atoms with Gasteiger partial charge in [0.05, 0.1) is 0 Å². The van der Waals surface area contributed by atoms with Crippen molar-refractivity contribution in [2.45, 2.75) is 19.9 Å². The number of piperazine rings is 1. The zero-order chi connectivity index (χ0) is 10.0. The van der Waals surface area contributed by atoms with Crippen LogP contribution in [0, 0.1) is 0 Å². The van der Waals surface area contributed by atoms with E-state index in [0.29, 0.717) is 19.5 Å². The Bertz CT molecular complexity index is 250. The number of hydrogen-bond acceptors (Lipinski definition) is 3. The fourth-order valence-corrected chi connectivity index (χ4v) is 1.26. The molecule has 0 radical (unpaired) electrons. The van der Waals surface area contributed by atoms with Crippen LogP contribution in [-0.4, -0.2) is 47.2 Å². The summed E-state index contributed by atoms with van der Waals surface area (Å²) in [5.74, 6) is -1.32. The number of hydrogen-bond donors (Lipinski definition) is 0. The van der Waals surface area contributed by atoms with Gasteiger partial charge in [-0.25, -0.2) is 0 Å². The molecule has 72 valence electrons. The van der Waals surface area contributed by atoms with Gasteiger partial charge in [-0.2, -0.15) is 0 Å². The molecular formula is C8H12N2O3. The Kier molecular flexibility index (Phi) is 2.65. The van der Waals surface area contributed by atoms with Crippen LogP contribution in [0.15, 0.2) is 0 Å². The Morgan fingerprint density at radius 1 is 1.23 bits per heavy atom. The lowest BCUT2D eigenvalue weighted by Crippen LogP contribution is -2.55. The SMILES string of the molecule is CC(C)N1CCN(C=O)C(=O)C1=O. The highest BCUT2D eigenvalue weighted by Gasteiger charge is 2.33. The van der Waals surface area contributed by atoms with Gasteiger partial charge >= 0.3 is 11.8 Å². The van der Waals surface area contributed by atoms with E-state index in [4.69, 9.17) is 0 Å². The summed E-state index contributed by atoms with van der Waals surface area (Å²) in [6, 6.07) is 0.00486. The van der Waals surface area contributed by atoms with E-state index < -0.39 is 11.8 Å². The van der Waals surface area contributed by atoms with Crippen LogP contribution >= 0.6 is 0 Å². The van der Waals surface area contributed by atoms with Crippen molar-refractivity contribution in [3.63, 3.8) is 0 Å². The third-order valence-electron chi connectivity index (χ3n) is 2.04. The lowest BCUT2D eigenvalue weighted by molar-refractivity contribution is -0.159.